The first-order chi connectivity index (χ1) is 17.2. The zero-order valence-corrected chi connectivity index (χ0v) is 21.2. The van der Waals surface area contributed by atoms with E-state index in [0.29, 0.717) is 16.9 Å². The van der Waals surface area contributed by atoms with Gasteiger partial charge in [0.25, 0.3) is 11.8 Å². The van der Waals surface area contributed by atoms with E-state index in [1.807, 2.05) is 57.2 Å². The van der Waals surface area contributed by atoms with Crippen molar-refractivity contribution < 1.29 is 19.1 Å². The molecule has 0 atom stereocenters. The Kier molecular flexibility index (Phi) is 8.71. The number of carbonyl (C=O) groups is 2. The first-order valence-electron chi connectivity index (χ1n) is 11.1. The number of nitrogens with zero attached hydrogens (tertiary/aromatic N) is 1. The van der Waals surface area contributed by atoms with Crippen molar-refractivity contribution in [1.29, 1.82) is 5.26 Å². The van der Waals surface area contributed by atoms with Gasteiger partial charge in [0.15, 0.2) is 18.1 Å². The van der Waals surface area contributed by atoms with Crippen LogP contribution in [0, 0.1) is 32.1 Å². The van der Waals surface area contributed by atoms with Crippen LogP contribution in [-0.4, -0.2) is 25.5 Å². The Labute approximate surface area is 215 Å². The summed E-state index contributed by atoms with van der Waals surface area (Å²) in [5.41, 5.74) is 4.64. The average molecular weight is 504 g/mol. The number of halogens is 1. The Balaban J connectivity index is 1.75. The van der Waals surface area contributed by atoms with Gasteiger partial charge in [0.05, 0.1) is 12.1 Å². The Bertz CT molecular complexity index is 1380. The number of ether oxygens (including phenoxy) is 2. The molecule has 36 heavy (non-hydrogen) atoms. The molecule has 3 rings (SSSR count). The Hall–Kier alpha value is -4.28. The number of hydrogen-bond donors (Lipinski definition) is 2. The molecular weight excluding hydrogens is 478 g/mol. The van der Waals surface area contributed by atoms with E-state index >= 15 is 0 Å². The van der Waals surface area contributed by atoms with E-state index in [9.17, 15) is 14.9 Å². The van der Waals surface area contributed by atoms with E-state index < -0.39 is 5.91 Å². The molecule has 2 N–H and O–H groups in total. The first-order valence-corrected chi connectivity index (χ1v) is 11.5. The minimum Gasteiger partial charge on any atom is -0.493 e. The van der Waals surface area contributed by atoms with Crippen molar-refractivity contribution in [2.24, 2.45) is 0 Å². The number of hydrogen-bond acceptors (Lipinski definition) is 5. The molecule has 3 aromatic carbocycles. The molecule has 0 saturated heterocycles. The summed E-state index contributed by atoms with van der Waals surface area (Å²) >= 11 is 6.41. The van der Waals surface area contributed by atoms with Crippen molar-refractivity contribution >= 4 is 40.9 Å². The second-order valence-corrected chi connectivity index (χ2v) is 8.52. The van der Waals surface area contributed by atoms with Gasteiger partial charge in [0, 0.05) is 11.4 Å². The quantitative estimate of drug-likeness (QED) is 0.297. The third-order valence-corrected chi connectivity index (χ3v) is 5.71. The number of anilines is 2. The summed E-state index contributed by atoms with van der Waals surface area (Å²) < 4.78 is 11.0. The number of nitriles is 1. The van der Waals surface area contributed by atoms with Gasteiger partial charge in [-0.3, -0.25) is 9.59 Å². The maximum absolute atomic E-state index is 12.6. The molecule has 0 unspecified atom stereocenters. The normalized spacial score (nSPS) is 10.8. The van der Waals surface area contributed by atoms with Gasteiger partial charge in [0.1, 0.15) is 11.6 Å². The molecule has 0 spiro atoms. The molecule has 2 amide bonds. The highest BCUT2D eigenvalue weighted by Crippen LogP contribution is 2.37. The minimum atomic E-state index is -0.554. The molecule has 8 heteroatoms. The molecule has 0 fully saturated rings. The monoisotopic (exact) mass is 503 g/mol. The third kappa shape index (κ3) is 6.65. The van der Waals surface area contributed by atoms with Crippen LogP contribution in [0.1, 0.15) is 22.3 Å². The largest absolute Gasteiger partial charge is 0.493 e. The molecular formula is C28H26ClN3O4. The van der Waals surface area contributed by atoms with E-state index in [1.165, 1.54) is 19.3 Å². The van der Waals surface area contributed by atoms with Crippen LogP contribution in [-0.2, 0) is 9.59 Å². The second-order valence-electron chi connectivity index (χ2n) is 8.11. The van der Waals surface area contributed by atoms with Crippen LogP contribution in [0.2, 0.25) is 5.02 Å². The molecule has 0 radical (unpaired) electrons. The Morgan fingerprint density at radius 2 is 1.81 bits per heavy atom. The lowest BCUT2D eigenvalue weighted by Gasteiger charge is -2.14. The average Bonchev–Trinajstić information content (AvgIpc) is 2.84. The fraction of sp³-hybridized carbons (Fsp3) is 0.179. The predicted molar refractivity (Wildman–Crippen MR) is 141 cm³/mol. The van der Waals surface area contributed by atoms with E-state index in [2.05, 4.69) is 10.6 Å². The summed E-state index contributed by atoms with van der Waals surface area (Å²) in [6.07, 6.45) is 1.40. The topological polar surface area (TPSA) is 100 Å². The summed E-state index contributed by atoms with van der Waals surface area (Å²) in [5.74, 6) is -0.480. The molecule has 0 aromatic heterocycles. The van der Waals surface area contributed by atoms with Crippen molar-refractivity contribution in [3.05, 3.63) is 87.4 Å². The van der Waals surface area contributed by atoms with Crippen LogP contribution < -0.4 is 20.1 Å². The van der Waals surface area contributed by atoms with Crippen LogP contribution in [0.25, 0.3) is 6.08 Å². The molecule has 0 aliphatic heterocycles. The molecule has 0 aliphatic rings. The zero-order valence-electron chi connectivity index (χ0n) is 20.4. The summed E-state index contributed by atoms with van der Waals surface area (Å²) in [7, 11) is 1.43. The third-order valence-electron chi connectivity index (χ3n) is 5.43. The number of methoxy groups -OCH3 is 1. The lowest BCUT2D eigenvalue weighted by Crippen LogP contribution is -2.21. The van der Waals surface area contributed by atoms with Gasteiger partial charge in [-0.2, -0.15) is 5.26 Å². The number of rotatable bonds is 8. The van der Waals surface area contributed by atoms with E-state index in [-0.39, 0.29) is 34.6 Å². The van der Waals surface area contributed by atoms with Crippen LogP contribution in [0.5, 0.6) is 11.5 Å². The van der Waals surface area contributed by atoms with Crippen molar-refractivity contribution in [2.75, 3.05) is 24.4 Å². The van der Waals surface area contributed by atoms with Gasteiger partial charge < -0.3 is 20.1 Å². The number of amides is 2. The van der Waals surface area contributed by atoms with Crippen LogP contribution in [0.4, 0.5) is 11.4 Å². The highest BCUT2D eigenvalue weighted by Gasteiger charge is 2.16. The molecule has 0 heterocycles. The smallest absolute Gasteiger partial charge is 0.266 e. The highest BCUT2D eigenvalue weighted by molar-refractivity contribution is 6.32. The summed E-state index contributed by atoms with van der Waals surface area (Å²) in [6.45, 7) is 5.50. The number of carbonyl (C=O) groups excluding carboxylic acids is 2. The molecule has 184 valence electrons. The molecule has 3 aromatic rings. The lowest BCUT2D eigenvalue weighted by molar-refractivity contribution is -0.118. The van der Waals surface area contributed by atoms with E-state index in [0.717, 1.165) is 16.7 Å². The number of nitrogens with one attached hydrogen (secondary N) is 2. The predicted octanol–water partition coefficient (Wildman–Crippen LogP) is 5.84. The molecule has 0 aliphatic carbocycles. The van der Waals surface area contributed by atoms with Gasteiger partial charge >= 0.3 is 0 Å². The second kappa shape index (κ2) is 11.9. The maximum Gasteiger partial charge on any atom is 0.266 e. The van der Waals surface area contributed by atoms with Crippen LogP contribution in [0.3, 0.4) is 0 Å². The zero-order chi connectivity index (χ0) is 26.2. The van der Waals surface area contributed by atoms with Gasteiger partial charge in [-0.05, 0) is 79.4 Å². The van der Waals surface area contributed by atoms with Crippen molar-refractivity contribution in [1.82, 2.24) is 0 Å². The molecule has 7 nitrogen and oxygen atoms in total. The Morgan fingerprint density at radius 1 is 1.06 bits per heavy atom. The summed E-state index contributed by atoms with van der Waals surface area (Å²) in [4.78, 5) is 25.1. The van der Waals surface area contributed by atoms with Gasteiger partial charge in [-0.1, -0.05) is 35.9 Å². The Morgan fingerprint density at radius 3 is 2.50 bits per heavy atom. The van der Waals surface area contributed by atoms with Gasteiger partial charge in [-0.15, -0.1) is 0 Å². The standard InChI is InChI=1S/C28H26ClN3O4/c1-17-7-5-9-22(11-17)31-28(34)21(15-30)12-20-13-23(29)27(25(14-20)35-4)36-16-26(33)32-24-10-6-8-18(2)19(24)3/h5-14H,16H2,1-4H3,(H,31,34)(H,32,33)/b21-12+. The summed E-state index contributed by atoms with van der Waals surface area (Å²) in [5, 5.41) is 15.2. The van der Waals surface area contributed by atoms with Crippen LogP contribution in [0.15, 0.2) is 60.2 Å². The van der Waals surface area contributed by atoms with Gasteiger partial charge in [0.2, 0.25) is 0 Å². The SMILES string of the molecule is COc1cc(/C=C(\C#N)C(=O)Nc2cccc(C)c2)cc(Cl)c1OCC(=O)Nc1cccc(C)c1C. The fourth-order valence-corrected chi connectivity index (χ4v) is 3.68. The maximum atomic E-state index is 12.6. The molecule has 0 saturated carbocycles. The van der Waals surface area contributed by atoms with Crippen molar-refractivity contribution in [3.8, 4) is 17.6 Å². The van der Waals surface area contributed by atoms with Gasteiger partial charge in [-0.25, -0.2) is 0 Å². The minimum absolute atomic E-state index is 0.115. The van der Waals surface area contributed by atoms with Crippen molar-refractivity contribution in [2.45, 2.75) is 20.8 Å². The van der Waals surface area contributed by atoms with E-state index in [4.69, 9.17) is 21.1 Å². The van der Waals surface area contributed by atoms with Crippen LogP contribution >= 0.6 is 11.6 Å². The first kappa shape index (κ1) is 26.3. The fourth-order valence-electron chi connectivity index (χ4n) is 3.41. The number of benzene rings is 3. The van der Waals surface area contributed by atoms with E-state index in [1.54, 1.807) is 18.2 Å². The molecule has 0 bridgehead atoms. The number of aryl methyl sites for hydroxylation is 2. The summed E-state index contributed by atoms with van der Waals surface area (Å²) in [6, 6.07) is 17.9. The van der Waals surface area contributed by atoms with Crippen molar-refractivity contribution in [3.63, 3.8) is 0 Å². The lowest BCUT2D eigenvalue weighted by atomic mass is 10.1. The highest BCUT2D eigenvalue weighted by atomic mass is 35.5.